The van der Waals surface area contributed by atoms with E-state index in [1.807, 2.05) is 24.3 Å². The van der Waals surface area contributed by atoms with E-state index in [1.165, 1.54) is 38.5 Å². The first kappa shape index (κ1) is 57.3. The van der Waals surface area contributed by atoms with E-state index in [0.29, 0.717) is 37.9 Å². The average molecular weight is 915 g/mol. The number of unbranched alkanes of at least 4 members (excludes halogenated alkanes) is 7. The van der Waals surface area contributed by atoms with Crippen LogP contribution in [-0.4, -0.2) is 82.6 Å². The van der Waals surface area contributed by atoms with Crippen molar-refractivity contribution in [1.29, 1.82) is 0 Å². The van der Waals surface area contributed by atoms with Gasteiger partial charge in [0.25, 0.3) is 0 Å². The summed E-state index contributed by atoms with van der Waals surface area (Å²) in [5, 5.41) is 9.75. The fraction of sp³-hybridized carbons (Fsp3) is 0.652. The minimum atomic E-state index is -4.88. The first-order chi connectivity index (χ1) is 29.8. The predicted octanol–water partition coefficient (Wildman–Crippen LogP) is 10.5. The topological polar surface area (TPSA) is 208 Å². The number of allylic oxidation sites excluding steroid dienone is 13. The van der Waals surface area contributed by atoms with Crippen LogP contribution < -0.4 is 0 Å². The largest absolute Gasteiger partial charge is 0.472 e. The molecule has 1 aliphatic heterocycles. The maximum absolute atomic E-state index is 12.7. The molecule has 0 spiro atoms. The monoisotopic (exact) mass is 914 g/mol. The number of aliphatic hydroxyl groups excluding tert-OH is 1. The van der Waals surface area contributed by atoms with Crippen LogP contribution in [0.15, 0.2) is 85.1 Å². The van der Waals surface area contributed by atoms with Crippen LogP contribution in [0.4, 0.5) is 0 Å². The zero-order valence-electron chi connectivity index (χ0n) is 37.1. The maximum Gasteiger partial charge on any atom is 0.472 e. The Bertz CT molecular complexity index is 1480. The van der Waals surface area contributed by atoms with Crippen molar-refractivity contribution >= 4 is 27.6 Å². The van der Waals surface area contributed by atoms with E-state index in [9.17, 15) is 28.7 Å². The lowest BCUT2D eigenvalue weighted by Gasteiger charge is -2.20. The molecule has 0 bridgehead atoms. The Balaban J connectivity index is 2.43. The number of aliphatic hydroxyl groups is 1. The number of esters is 2. The molecule has 0 aliphatic carbocycles. The van der Waals surface area contributed by atoms with Crippen LogP contribution in [0.3, 0.4) is 0 Å². The van der Waals surface area contributed by atoms with E-state index in [-0.39, 0.29) is 12.8 Å². The average Bonchev–Trinajstić information content (AvgIpc) is 3.99. The highest BCUT2D eigenvalue weighted by atomic mass is 31.2. The molecule has 0 amide bonds. The minimum Gasteiger partial charge on any atom is -0.462 e. The Labute approximate surface area is 371 Å². The van der Waals surface area contributed by atoms with Gasteiger partial charge >= 0.3 is 27.6 Å². The van der Waals surface area contributed by atoms with Crippen LogP contribution in [0.2, 0.25) is 0 Å². The summed E-state index contributed by atoms with van der Waals surface area (Å²) in [4.78, 5) is 52.7. The number of hydrogen-bond donors (Lipinski definition) is 4. The standard InChI is InChI=1S/C46H76O14P2/c1-3-5-7-8-9-10-11-12-13-14-15-16-17-22-25-28-32-36-46(49)59-42(40-58-62(53,54)57-38-41(47)37-56-61(50,51)52)39-55-45(48)35-31-27-24-21-19-18-20-23-26-30-34-44-43(60-44)33-29-6-4-2/h9-10,12-13,15-16,18,20-22,24-26,30,41-44,47H,3-8,11,14,17,19,23,27-29,31-40H2,1-2H3,(H,53,54)(H2,50,51,52)/b10-9-,13-12-,16-15-,20-18-,24-21-,25-22-,30-26-/t41-,42+,43?,44?/m0/s1. The van der Waals surface area contributed by atoms with Crippen LogP contribution in [0.5, 0.6) is 0 Å². The van der Waals surface area contributed by atoms with Crippen LogP contribution in [0.1, 0.15) is 142 Å². The van der Waals surface area contributed by atoms with Crippen molar-refractivity contribution < 1.29 is 66.3 Å². The first-order valence-corrected chi connectivity index (χ1v) is 25.4. The molecule has 0 radical (unpaired) electrons. The number of hydrogen-bond acceptors (Lipinski definition) is 11. The molecule has 1 saturated heterocycles. The molecule has 1 heterocycles. The van der Waals surface area contributed by atoms with E-state index in [4.69, 9.17) is 28.5 Å². The van der Waals surface area contributed by atoms with E-state index in [2.05, 4.69) is 83.7 Å². The van der Waals surface area contributed by atoms with Gasteiger partial charge < -0.3 is 34.0 Å². The summed E-state index contributed by atoms with van der Waals surface area (Å²) >= 11 is 0. The molecule has 354 valence electrons. The van der Waals surface area contributed by atoms with Crippen LogP contribution in [0, 0.1) is 0 Å². The van der Waals surface area contributed by atoms with Gasteiger partial charge in [-0.25, -0.2) is 9.13 Å². The highest BCUT2D eigenvalue weighted by Crippen LogP contribution is 2.44. The summed E-state index contributed by atoms with van der Waals surface area (Å²) in [6, 6.07) is 0. The number of phosphoric acid groups is 2. The quantitative estimate of drug-likeness (QED) is 0.0148. The number of phosphoric ester groups is 2. The molecule has 0 aromatic rings. The van der Waals surface area contributed by atoms with Gasteiger partial charge in [0.2, 0.25) is 0 Å². The van der Waals surface area contributed by atoms with Gasteiger partial charge in [-0.3, -0.25) is 23.2 Å². The molecule has 0 aromatic heterocycles. The summed E-state index contributed by atoms with van der Waals surface area (Å²) in [7, 11) is -9.72. The van der Waals surface area contributed by atoms with Gasteiger partial charge in [0.05, 0.1) is 32.0 Å². The molecule has 62 heavy (non-hydrogen) atoms. The van der Waals surface area contributed by atoms with Crippen molar-refractivity contribution in [3.63, 3.8) is 0 Å². The molecule has 3 unspecified atom stereocenters. The van der Waals surface area contributed by atoms with Crippen LogP contribution in [0.25, 0.3) is 0 Å². The van der Waals surface area contributed by atoms with Crippen molar-refractivity contribution in [2.45, 2.75) is 167 Å². The fourth-order valence-corrected chi connectivity index (χ4v) is 6.82. The third-order valence-corrected chi connectivity index (χ3v) is 10.6. The maximum atomic E-state index is 12.7. The van der Waals surface area contributed by atoms with Crippen LogP contribution >= 0.6 is 15.6 Å². The summed E-state index contributed by atoms with van der Waals surface area (Å²) in [5.74, 6) is -1.18. The molecule has 1 aliphatic rings. The molecule has 14 nitrogen and oxygen atoms in total. The second-order valence-electron chi connectivity index (χ2n) is 15.0. The van der Waals surface area contributed by atoms with Crippen molar-refractivity contribution in [1.82, 2.24) is 0 Å². The lowest BCUT2D eigenvalue weighted by molar-refractivity contribution is -0.161. The second-order valence-corrected chi connectivity index (χ2v) is 17.7. The Kier molecular flexibility index (Phi) is 34.8. The first-order valence-electron chi connectivity index (χ1n) is 22.4. The molecular weight excluding hydrogens is 838 g/mol. The van der Waals surface area contributed by atoms with E-state index < -0.39 is 66.2 Å². The van der Waals surface area contributed by atoms with Gasteiger partial charge in [-0.1, -0.05) is 131 Å². The Hall–Kier alpha value is -2.74. The Morgan fingerprint density at radius 3 is 1.58 bits per heavy atom. The SMILES string of the molecule is CCCCC/C=C\C/C=C\C/C=C\C/C=C\CCCC(=O)O[C@H](COC(=O)CCC/C=C\C/C=C\C/C=C\CC1OC1CCCCC)COP(=O)(O)OC[C@@H](O)COP(=O)(O)O. The molecule has 4 N–H and O–H groups in total. The third-order valence-electron chi connectivity index (χ3n) is 9.17. The van der Waals surface area contributed by atoms with E-state index in [0.717, 1.165) is 51.4 Å². The Morgan fingerprint density at radius 1 is 0.565 bits per heavy atom. The van der Waals surface area contributed by atoms with E-state index in [1.54, 1.807) is 0 Å². The number of rotatable bonds is 40. The van der Waals surface area contributed by atoms with Crippen molar-refractivity contribution in [2.75, 3.05) is 26.4 Å². The smallest absolute Gasteiger partial charge is 0.462 e. The lowest BCUT2D eigenvalue weighted by atomic mass is 10.1. The Morgan fingerprint density at radius 2 is 1.03 bits per heavy atom. The van der Waals surface area contributed by atoms with Crippen molar-refractivity contribution in [2.24, 2.45) is 0 Å². The van der Waals surface area contributed by atoms with Crippen molar-refractivity contribution in [3.8, 4) is 0 Å². The zero-order valence-corrected chi connectivity index (χ0v) is 38.9. The number of carbonyl (C=O) groups excluding carboxylic acids is 2. The summed E-state index contributed by atoms with van der Waals surface area (Å²) in [6.07, 6.45) is 44.8. The molecule has 5 atom stereocenters. The number of carbonyl (C=O) groups is 2. The molecular formula is C46H76O14P2. The van der Waals surface area contributed by atoms with Crippen LogP contribution in [-0.2, 0) is 46.5 Å². The summed E-state index contributed by atoms with van der Waals surface area (Å²) in [5.41, 5.74) is 0. The highest BCUT2D eigenvalue weighted by Gasteiger charge is 2.36. The fourth-order valence-electron chi connectivity index (χ4n) is 5.66. The normalized spacial score (nSPS) is 18.0. The number of epoxide rings is 1. The molecule has 1 rings (SSSR count). The highest BCUT2D eigenvalue weighted by molar-refractivity contribution is 7.47. The molecule has 16 heteroatoms. The second kappa shape index (κ2) is 37.6. The lowest BCUT2D eigenvalue weighted by Crippen LogP contribution is -2.29. The van der Waals surface area contributed by atoms with Gasteiger partial charge in [0, 0.05) is 12.8 Å². The van der Waals surface area contributed by atoms with Gasteiger partial charge in [0.15, 0.2) is 6.10 Å². The van der Waals surface area contributed by atoms with E-state index >= 15 is 0 Å². The molecule has 0 aromatic carbocycles. The van der Waals surface area contributed by atoms with Gasteiger partial charge in [-0.2, -0.15) is 0 Å². The van der Waals surface area contributed by atoms with Gasteiger partial charge in [-0.15, -0.1) is 0 Å². The minimum absolute atomic E-state index is 0.0369. The summed E-state index contributed by atoms with van der Waals surface area (Å²) < 4.78 is 53.4. The molecule has 0 saturated carbocycles. The molecule has 1 fully saturated rings. The summed E-state index contributed by atoms with van der Waals surface area (Å²) in [6.45, 7) is 1.56. The zero-order chi connectivity index (χ0) is 45.6. The van der Waals surface area contributed by atoms with Crippen molar-refractivity contribution in [3.05, 3.63) is 85.1 Å². The third kappa shape index (κ3) is 37.8. The predicted molar refractivity (Wildman–Crippen MR) is 243 cm³/mol. The van der Waals surface area contributed by atoms with Gasteiger partial charge in [-0.05, 0) is 83.5 Å². The number of ether oxygens (including phenoxy) is 3. The van der Waals surface area contributed by atoms with Gasteiger partial charge in [0.1, 0.15) is 12.7 Å².